The predicted octanol–water partition coefficient (Wildman–Crippen LogP) is 11.9. The molecule has 0 bridgehead atoms. The number of hydrogen-bond acceptors (Lipinski definition) is 2. The van der Waals surface area contributed by atoms with Crippen LogP contribution in [0.15, 0.2) is 176 Å². The second-order valence-corrected chi connectivity index (χ2v) is 13.5. The van der Waals surface area contributed by atoms with Gasteiger partial charge >= 0.3 is 0 Å². The summed E-state index contributed by atoms with van der Waals surface area (Å²) in [6, 6.07) is 62.1. The minimum Gasteiger partial charge on any atom is -0.309 e. The SMILES string of the molecule is N#Cc1cc(-c2cccnc2-n2c3ccccc3c3ccccc32)c(-n2c3ccccc3c3ccccc32)cc1-n1c2ccccc2c2ccccc21. The Morgan fingerprint density at radius 2 is 0.755 bits per heavy atom. The van der Waals surface area contributed by atoms with Gasteiger partial charge in [0.1, 0.15) is 11.9 Å². The molecule has 0 spiro atoms. The van der Waals surface area contributed by atoms with Crippen LogP contribution in [0.25, 0.3) is 93.7 Å². The number of nitrogens with zero attached hydrogens (tertiary/aromatic N) is 5. The second-order valence-electron chi connectivity index (χ2n) is 13.5. The van der Waals surface area contributed by atoms with Crippen LogP contribution in [-0.2, 0) is 0 Å². The van der Waals surface area contributed by atoms with E-state index in [1.165, 1.54) is 21.5 Å². The molecule has 0 amide bonds. The highest BCUT2D eigenvalue weighted by atomic mass is 15.1. The van der Waals surface area contributed by atoms with Gasteiger partial charge in [-0.25, -0.2) is 4.98 Å². The highest BCUT2D eigenvalue weighted by Gasteiger charge is 2.24. The Balaban J connectivity index is 1.31. The number of nitriles is 1. The molecule has 5 heteroatoms. The van der Waals surface area contributed by atoms with Crippen molar-refractivity contribution in [1.29, 1.82) is 5.26 Å². The van der Waals surface area contributed by atoms with E-state index in [4.69, 9.17) is 4.98 Å². The molecule has 0 N–H and O–H groups in total. The molecule has 7 aromatic carbocycles. The van der Waals surface area contributed by atoms with Crippen molar-refractivity contribution in [1.82, 2.24) is 18.7 Å². The molecule has 4 aromatic heterocycles. The van der Waals surface area contributed by atoms with E-state index in [0.29, 0.717) is 5.56 Å². The van der Waals surface area contributed by atoms with Crippen molar-refractivity contribution in [3.05, 3.63) is 182 Å². The number of aromatic nitrogens is 4. The van der Waals surface area contributed by atoms with Crippen molar-refractivity contribution < 1.29 is 0 Å². The van der Waals surface area contributed by atoms with Crippen molar-refractivity contribution in [2.24, 2.45) is 0 Å². The summed E-state index contributed by atoms with van der Waals surface area (Å²) in [4.78, 5) is 5.12. The van der Waals surface area contributed by atoms with E-state index in [-0.39, 0.29) is 0 Å². The summed E-state index contributed by atoms with van der Waals surface area (Å²) in [5.74, 6) is 0.806. The van der Waals surface area contributed by atoms with E-state index in [9.17, 15) is 5.26 Å². The summed E-state index contributed by atoms with van der Waals surface area (Å²) in [6.45, 7) is 0. The van der Waals surface area contributed by atoms with Crippen LogP contribution < -0.4 is 0 Å². The molecule has 0 saturated heterocycles. The fourth-order valence-corrected chi connectivity index (χ4v) is 8.55. The molecule has 0 aliphatic rings. The van der Waals surface area contributed by atoms with Crippen LogP contribution in [0.3, 0.4) is 0 Å². The second kappa shape index (κ2) is 11.3. The Morgan fingerprint density at radius 3 is 1.17 bits per heavy atom. The van der Waals surface area contributed by atoms with Gasteiger partial charge in [-0.3, -0.25) is 4.57 Å². The maximum atomic E-state index is 11.0. The summed E-state index contributed by atoms with van der Waals surface area (Å²) >= 11 is 0. The first-order valence-electron chi connectivity index (χ1n) is 17.8. The van der Waals surface area contributed by atoms with Gasteiger partial charge in [0.25, 0.3) is 0 Å². The summed E-state index contributed by atoms with van der Waals surface area (Å²) < 4.78 is 6.88. The summed E-state index contributed by atoms with van der Waals surface area (Å²) in [6.07, 6.45) is 1.86. The van der Waals surface area contributed by atoms with Gasteiger partial charge in [-0.1, -0.05) is 109 Å². The van der Waals surface area contributed by atoms with Crippen molar-refractivity contribution in [3.63, 3.8) is 0 Å². The summed E-state index contributed by atoms with van der Waals surface area (Å²) in [5, 5.41) is 18.0. The van der Waals surface area contributed by atoms with Crippen LogP contribution in [0.2, 0.25) is 0 Å². The van der Waals surface area contributed by atoms with Gasteiger partial charge in [0.15, 0.2) is 0 Å². The average molecular weight is 676 g/mol. The number of para-hydroxylation sites is 6. The zero-order valence-corrected chi connectivity index (χ0v) is 28.5. The lowest BCUT2D eigenvalue weighted by atomic mass is 9.99. The lowest BCUT2D eigenvalue weighted by Gasteiger charge is -2.20. The van der Waals surface area contributed by atoms with E-state index < -0.39 is 0 Å². The van der Waals surface area contributed by atoms with Crippen LogP contribution >= 0.6 is 0 Å². The number of benzene rings is 7. The van der Waals surface area contributed by atoms with Crippen LogP contribution in [-0.4, -0.2) is 18.7 Å². The van der Waals surface area contributed by atoms with E-state index >= 15 is 0 Å². The van der Waals surface area contributed by atoms with Crippen molar-refractivity contribution in [2.75, 3.05) is 0 Å². The first-order chi connectivity index (χ1) is 26.3. The highest BCUT2D eigenvalue weighted by Crippen LogP contribution is 2.43. The van der Waals surface area contributed by atoms with E-state index in [1.54, 1.807) is 0 Å². The first kappa shape index (κ1) is 29.3. The lowest BCUT2D eigenvalue weighted by Crippen LogP contribution is -2.06. The molecule has 11 rings (SSSR count). The Hall–Kier alpha value is -7.42. The standard InChI is InChI=1S/C48H29N5/c49-30-31-28-39(38-20-13-27-50-48(38)53-44-25-11-5-18-36(44)37-19-6-12-26-45(37)53)47(52-42-23-9-3-16-34(42)35-17-4-10-24-43(35)52)29-46(31)51-40-21-7-1-14-32(40)33-15-2-8-22-41(33)51/h1-29H. The average Bonchev–Trinajstić information content (AvgIpc) is 3.86. The van der Waals surface area contributed by atoms with Gasteiger partial charge in [0, 0.05) is 49.6 Å². The fourth-order valence-electron chi connectivity index (χ4n) is 8.55. The molecule has 0 aliphatic heterocycles. The lowest BCUT2D eigenvalue weighted by molar-refractivity contribution is 1.08. The third-order valence-corrected chi connectivity index (χ3v) is 10.7. The monoisotopic (exact) mass is 675 g/mol. The molecule has 4 heterocycles. The summed E-state index contributed by atoms with van der Waals surface area (Å²) in [7, 11) is 0. The molecule has 0 aliphatic carbocycles. The zero-order valence-electron chi connectivity index (χ0n) is 28.5. The zero-order chi connectivity index (χ0) is 35.0. The third kappa shape index (κ3) is 4.15. The minimum absolute atomic E-state index is 0.577. The van der Waals surface area contributed by atoms with Crippen molar-refractivity contribution in [2.45, 2.75) is 0 Å². The number of pyridine rings is 1. The Labute approximate surface area is 304 Å². The van der Waals surface area contributed by atoms with Gasteiger partial charge in [0.05, 0.1) is 50.0 Å². The van der Waals surface area contributed by atoms with E-state index in [2.05, 4.69) is 184 Å². The maximum Gasteiger partial charge on any atom is 0.145 e. The van der Waals surface area contributed by atoms with Gasteiger partial charge in [-0.2, -0.15) is 5.26 Å². The first-order valence-corrected chi connectivity index (χ1v) is 17.8. The van der Waals surface area contributed by atoms with Crippen LogP contribution in [0.4, 0.5) is 0 Å². The predicted molar refractivity (Wildman–Crippen MR) is 217 cm³/mol. The molecule has 0 unspecified atom stereocenters. The van der Waals surface area contributed by atoms with Gasteiger partial charge in [-0.15, -0.1) is 0 Å². The van der Waals surface area contributed by atoms with E-state index in [0.717, 1.165) is 72.2 Å². The normalized spacial score (nSPS) is 11.8. The molecule has 53 heavy (non-hydrogen) atoms. The topological polar surface area (TPSA) is 51.5 Å². The van der Waals surface area contributed by atoms with Gasteiger partial charge in [-0.05, 0) is 60.7 Å². The number of hydrogen-bond donors (Lipinski definition) is 0. The molecule has 0 fully saturated rings. The van der Waals surface area contributed by atoms with Gasteiger partial charge in [0.2, 0.25) is 0 Å². The van der Waals surface area contributed by atoms with Crippen LogP contribution in [0.1, 0.15) is 5.56 Å². The molecule has 246 valence electrons. The molecule has 0 radical (unpaired) electrons. The van der Waals surface area contributed by atoms with Crippen molar-refractivity contribution >= 4 is 65.4 Å². The van der Waals surface area contributed by atoms with Crippen molar-refractivity contribution in [3.8, 4) is 34.4 Å². The molecule has 0 atom stereocenters. The minimum atomic E-state index is 0.577. The Morgan fingerprint density at radius 1 is 0.377 bits per heavy atom. The smallest absolute Gasteiger partial charge is 0.145 e. The Kier molecular flexibility index (Phi) is 6.25. The number of fused-ring (bicyclic) bond motifs is 9. The Bertz CT molecular complexity index is 3150. The van der Waals surface area contributed by atoms with E-state index in [1.807, 2.05) is 12.3 Å². The molecular weight excluding hydrogens is 647 g/mol. The maximum absolute atomic E-state index is 11.0. The quantitative estimate of drug-likeness (QED) is 0.186. The molecule has 5 nitrogen and oxygen atoms in total. The third-order valence-electron chi connectivity index (χ3n) is 10.7. The molecule has 11 aromatic rings. The van der Waals surface area contributed by atoms with Crippen LogP contribution in [0.5, 0.6) is 0 Å². The van der Waals surface area contributed by atoms with Crippen LogP contribution in [0, 0.1) is 11.3 Å². The highest BCUT2D eigenvalue weighted by molar-refractivity contribution is 6.12. The fraction of sp³-hybridized carbons (Fsp3) is 0. The molecular formula is C48H29N5. The molecule has 0 saturated carbocycles. The summed E-state index contributed by atoms with van der Waals surface area (Å²) in [5.41, 5.74) is 10.7. The van der Waals surface area contributed by atoms with Gasteiger partial charge < -0.3 is 9.13 Å². The largest absolute Gasteiger partial charge is 0.309 e. The number of rotatable bonds is 4.